The Hall–Kier alpha value is -8.62. The maximum absolute atomic E-state index is 4.67. The molecule has 0 atom stereocenters. The van der Waals surface area contributed by atoms with Gasteiger partial charge >= 0.3 is 0 Å². The van der Waals surface area contributed by atoms with E-state index in [4.69, 9.17) is 0 Å². The average molecular weight is 799 g/mol. The highest BCUT2D eigenvalue weighted by Crippen LogP contribution is 2.38. The van der Waals surface area contributed by atoms with Crippen LogP contribution in [0.15, 0.2) is 231 Å². The van der Waals surface area contributed by atoms with Crippen molar-refractivity contribution in [1.29, 1.82) is 0 Å². The summed E-state index contributed by atoms with van der Waals surface area (Å²) in [6, 6.07) is 79.8. The largest absolute Gasteiger partial charge is 0.311 e. The summed E-state index contributed by atoms with van der Waals surface area (Å²) in [6.45, 7) is 0. The van der Waals surface area contributed by atoms with Crippen molar-refractivity contribution in [3.63, 3.8) is 0 Å². The van der Waals surface area contributed by atoms with E-state index in [1.807, 2.05) is 60.7 Å². The van der Waals surface area contributed by atoms with E-state index >= 15 is 0 Å². The fourth-order valence-electron chi connectivity index (χ4n) is 7.95. The molecule has 9 aromatic carbocycles. The highest BCUT2D eigenvalue weighted by molar-refractivity contribution is 5.82. The van der Waals surface area contributed by atoms with Gasteiger partial charge in [0.25, 0.3) is 0 Å². The van der Waals surface area contributed by atoms with E-state index in [2.05, 4.69) is 200 Å². The third-order valence-corrected chi connectivity index (χ3v) is 11.1. The smallest absolute Gasteiger partial charge is 0.113 e. The molecule has 0 saturated heterocycles. The SMILES string of the molecule is c1ccc(N(c2ccc(-c3cccc(-c4ccc(N(c5ccccc5)c5ccc(-n6nc7ccccc7n6)cc5)cc4)c3)cc2)c2ccc(-n3nc4ccccc4n3)cc2)cc1. The van der Waals surface area contributed by atoms with Gasteiger partial charge in [0, 0.05) is 34.1 Å². The van der Waals surface area contributed by atoms with Crippen molar-refractivity contribution in [3.8, 4) is 33.6 Å². The quantitative estimate of drug-likeness (QED) is 0.137. The minimum Gasteiger partial charge on any atom is -0.311 e. The molecule has 0 saturated carbocycles. The van der Waals surface area contributed by atoms with Crippen molar-refractivity contribution in [1.82, 2.24) is 30.0 Å². The molecule has 2 aromatic heterocycles. The predicted molar refractivity (Wildman–Crippen MR) is 252 cm³/mol. The molecule has 0 bridgehead atoms. The molecule has 0 radical (unpaired) electrons. The zero-order chi connectivity index (χ0) is 41.2. The summed E-state index contributed by atoms with van der Waals surface area (Å²) in [5.41, 5.74) is 16.2. The van der Waals surface area contributed by atoms with Crippen LogP contribution in [0, 0.1) is 0 Å². The molecule has 294 valence electrons. The maximum Gasteiger partial charge on any atom is 0.113 e. The van der Waals surface area contributed by atoms with Crippen LogP contribution in [-0.2, 0) is 0 Å². The van der Waals surface area contributed by atoms with Crippen molar-refractivity contribution in [2.45, 2.75) is 0 Å². The van der Waals surface area contributed by atoms with Crippen LogP contribution < -0.4 is 9.80 Å². The monoisotopic (exact) mass is 798 g/mol. The van der Waals surface area contributed by atoms with Crippen LogP contribution in [0.25, 0.3) is 55.7 Å². The predicted octanol–water partition coefficient (Wildman–Crippen LogP) is 13.4. The van der Waals surface area contributed by atoms with E-state index in [1.54, 1.807) is 9.59 Å². The zero-order valence-electron chi connectivity index (χ0n) is 33.5. The zero-order valence-corrected chi connectivity index (χ0v) is 33.5. The molecule has 11 rings (SSSR count). The van der Waals surface area contributed by atoms with Crippen LogP contribution in [0.1, 0.15) is 0 Å². The molecule has 0 amide bonds. The molecule has 0 N–H and O–H groups in total. The molecule has 0 fully saturated rings. The van der Waals surface area contributed by atoms with Gasteiger partial charge in [0.2, 0.25) is 0 Å². The highest BCUT2D eigenvalue weighted by atomic mass is 15.5. The number of aromatic nitrogens is 6. The molecule has 0 spiro atoms. The second-order valence-corrected chi connectivity index (χ2v) is 15.0. The minimum absolute atomic E-state index is 0.869. The van der Waals surface area contributed by atoms with Gasteiger partial charge in [0.05, 0.1) is 11.4 Å². The normalized spacial score (nSPS) is 11.2. The molecule has 8 nitrogen and oxygen atoms in total. The molecular formula is C54H38N8. The van der Waals surface area contributed by atoms with Crippen LogP contribution in [0.4, 0.5) is 34.1 Å². The molecule has 8 heteroatoms. The summed E-state index contributed by atoms with van der Waals surface area (Å²) in [5, 5.41) is 18.7. The molecule has 62 heavy (non-hydrogen) atoms. The summed E-state index contributed by atoms with van der Waals surface area (Å²) in [4.78, 5) is 7.93. The molecule has 0 aliphatic heterocycles. The van der Waals surface area contributed by atoms with Crippen LogP contribution in [0.2, 0.25) is 0 Å². The van der Waals surface area contributed by atoms with Gasteiger partial charge in [-0.05, 0) is 150 Å². The second kappa shape index (κ2) is 15.9. The molecular weight excluding hydrogens is 761 g/mol. The Kier molecular flexibility index (Phi) is 9.33. The average Bonchev–Trinajstić information content (AvgIpc) is 3.99. The number of hydrogen-bond donors (Lipinski definition) is 0. The van der Waals surface area contributed by atoms with E-state index in [9.17, 15) is 0 Å². The lowest BCUT2D eigenvalue weighted by molar-refractivity contribution is 0.765. The molecule has 11 aromatic rings. The van der Waals surface area contributed by atoms with E-state index in [-0.39, 0.29) is 0 Å². The number of benzene rings is 9. The van der Waals surface area contributed by atoms with Crippen molar-refractivity contribution in [2.75, 3.05) is 9.80 Å². The van der Waals surface area contributed by atoms with Gasteiger partial charge in [0.1, 0.15) is 22.1 Å². The number of para-hydroxylation sites is 2. The summed E-state index contributed by atoms with van der Waals surface area (Å²) in [6.07, 6.45) is 0. The van der Waals surface area contributed by atoms with Crippen molar-refractivity contribution in [3.05, 3.63) is 231 Å². The molecule has 0 unspecified atom stereocenters. The number of anilines is 6. The Balaban J connectivity index is 0.853. The third-order valence-electron chi connectivity index (χ3n) is 11.1. The van der Waals surface area contributed by atoms with E-state index < -0.39 is 0 Å². The van der Waals surface area contributed by atoms with Gasteiger partial charge in [-0.25, -0.2) is 0 Å². The Morgan fingerprint density at radius 1 is 0.242 bits per heavy atom. The number of hydrogen-bond acceptors (Lipinski definition) is 6. The number of fused-ring (bicyclic) bond motifs is 2. The Bertz CT molecular complexity index is 2980. The highest BCUT2D eigenvalue weighted by Gasteiger charge is 2.16. The summed E-state index contributed by atoms with van der Waals surface area (Å²) in [7, 11) is 0. The van der Waals surface area contributed by atoms with Crippen LogP contribution in [-0.4, -0.2) is 30.0 Å². The lowest BCUT2D eigenvalue weighted by Crippen LogP contribution is -2.10. The van der Waals surface area contributed by atoms with Crippen molar-refractivity contribution in [2.24, 2.45) is 0 Å². The van der Waals surface area contributed by atoms with E-state index in [0.29, 0.717) is 0 Å². The number of nitrogens with zero attached hydrogens (tertiary/aromatic N) is 8. The van der Waals surface area contributed by atoms with Crippen molar-refractivity contribution < 1.29 is 0 Å². The lowest BCUT2D eigenvalue weighted by atomic mass is 9.98. The standard InChI is InChI=1S/C54H38N8/c1-3-14-43(15-4-1)59(47-30-34-49(35-31-47)61-55-51-18-7-8-19-52(51)56-61)45-26-22-39(23-27-45)41-12-11-13-42(38-41)40-24-28-46(29-25-40)60(44-16-5-2-6-17-44)48-32-36-50(37-33-48)62-57-53-20-9-10-21-54(53)58-62/h1-38H. The second-order valence-electron chi connectivity index (χ2n) is 15.0. The Morgan fingerprint density at radius 3 is 0.871 bits per heavy atom. The molecule has 0 aliphatic rings. The topological polar surface area (TPSA) is 67.9 Å². The first-order valence-electron chi connectivity index (χ1n) is 20.6. The van der Waals surface area contributed by atoms with Gasteiger partial charge in [-0.15, -0.1) is 20.4 Å². The van der Waals surface area contributed by atoms with Gasteiger partial charge in [-0.1, -0.05) is 103 Å². The first-order chi connectivity index (χ1) is 30.7. The van der Waals surface area contributed by atoms with Crippen molar-refractivity contribution >= 4 is 56.2 Å². The molecule has 2 heterocycles. The summed E-state index contributed by atoms with van der Waals surface area (Å²) >= 11 is 0. The fourth-order valence-corrected chi connectivity index (χ4v) is 7.95. The van der Waals surface area contributed by atoms with E-state index in [0.717, 1.165) is 89.8 Å². The Morgan fingerprint density at radius 2 is 0.532 bits per heavy atom. The van der Waals surface area contributed by atoms with Gasteiger partial charge in [-0.2, -0.15) is 9.59 Å². The summed E-state index contributed by atoms with van der Waals surface area (Å²) in [5.74, 6) is 0. The van der Waals surface area contributed by atoms with Gasteiger partial charge < -0.3 is 9.80 Å². The first-order valence-corrected chi connectivity index (χ1v) is 20.6. The molecule has 0 aliphatic carbocycles. The van der Waals surface area contributed by atoms with E-state index in [1.165, 1.54) is 0 Å². The summed E-state index contributed by atoms with van der Waals surface area (Å²) < 4.78 is 0. The van der Waals surface area contributed by atoms with Gasteiger partial charge in [-0.3, -0.25) is 0 Å². The number of rotatable bonds is 10. The Labute approximate surface area is 358 Å². The first kappa shape index (κ1) is 36.5. The van der Waals surface area contributed by atoms with Crippen LogP contribution in [0.3, 0.4) is 0 Å². The maximum atomic E-state index is 4.67. The van der Waals surface area contributed by atoms with Crippen LogP contribution in [0.5, 0.6) is 0 Å². The minimum atomic E-state index is 0.869. The van der Waals surface area contributed by atoms with Gasteiger partial charge in [0.15, 0.2) is 0 Å². The fraction of sp³-hybridized carbons (Fsp3) is 0. The third kappa shape index (κ3) is 7.12. The lowest BCUT2D eigenvalue weighted by Gasteiger charge is -2.26. The van der Waals surface area contributed by atoms with Crippen LogP contribution >= 0.6 is 0 Å².